The van der Waals surface area contributed by atoms with Crippen LogP contribution in [0.4, 0.5) is 11.9 Å². The molecular formula is C12H18ClN5. The van der Waals surface area contributed by atoms with E-state index in [0.29, 0.717) is 12.0 Å². The fourth-order valence-electron chi connectivity index (χ4n) is 2.02. The number of hydrogen-bond acceptors (Lipinski definition) is 5. The Morgan fingerprint density at radius 2 is 1.72 bits per heavy atom. The van der Waals surface area contributed by atoms with E-state index in [9.17, 15) is 0 Å². The zero-order valence-corrected chi connectivity index (χ0v) is 11.6. The minimum Gasteiger partial charge on any atom is -0.347 e. The first-order valence-corrected chi connectivity index (χ1v) is 6.87. The Labute approximate surface area is 112 Å². The van der Waals surface area contributed by atoms with E-state index >= 15 is 0 Å². The molecule has 98 valence electrons. The molecular weight excluding hydrogens is 250 g/mol. The molecule has 0 unspecified atom stereocenters. The minimum absolute atomic E-state index is 0.283. The molecule has 0 amide bonds. The Balaban J connectivity index is 1.87. The van der Waals surface area contributed by atoms with Gasteiger partial charge in [0.15, 0.2) is 0 Å². The summed E-state index contributed by atoms with van der Waals surface area (Å²) in [7, 11) is 3.83. The lowest BCUT2D eigenvalue weighted by molar-refractivity contribution is 0.693. The highest BCUT2D eigenvalue weighted by Crippen LogP contribution is 2.36. The molecule has 1 aromatic heterocycles. The molecule has 0 saturated heterocycles. The van der Waals surface area contributed by atoms with Crippen molar-refractivity contribution >= 4 is 23.5 Å². The van der Waals surface area contributed by atoms with Gasteiger partial charge in [-0.1, -0.05) is 0 Å². The average Bonchev–Trinajstić information content (AvgIpc) is 3.17. The van der Waals surface area contributed by atoms with Gasteiger partial charge in [0.2, 0.25) is 17.2 Å². The average molecular weight is 268 g/mol. The first-order chi connectivity index (χ1) is 8.63. The van der Waals surface area contributed by atoms with Gasteiger partial charge in [-0.05, 0) is 43.2 Å². The number of nitrogens with zero attached hydrogens (tertiary/aromatic N) is 5. The van der Waals surface area contributed by atoms with E-state index in [0.717, 1.165) is 18.4 Å². The molecule has 2 fully saturated rings. The smallest absolute Gasteiger partial charge is 0.231 e. The Morgan fingerprint density at radius 1 is 1.06 bits per heavy atom. The number of anilines is 2. The first-order valence-electron chi connectivity index (χ1n) is 6.49. The van der Waals surface area contributed by atoms with E-state index in [1.807, 2.05) is 19.0 Å². The van der Waals surface area contributed by atoms with Crippen LogP contribution in [0.5, 0.6) is 0 Å². The molecule has 2 aliphatic rings. The monoisotopic (exact) mass is 267 g/mol. The number of halogens is 1. The fourth-order valence-corrected chi connectivity index (χ4v) is 2.17. The SMILES string of the molecule is CN(C)c1nc(Cl)nc(N(CC2CC2)C2CC2)n1. The minimum atomic E-state index is 0.283. The summed E-state index contributed by atoms with van der Waals surface area (Å²) in [6.45, 7) is 1.07. The Kier molecular flexibility index (Phi) is 3.01. The molecule has 0 aliphatic heterocycles. The van der Waals surface area contributed by atoms with Gasteiger partial charge in [-0.2, -0.15) is 15.0 Å². The van der Waals surface area contributed by atoms with Crippen molar-refractivity contribution in [2.24, 2.45) is 5.92 Å². The molecule has 2 saturated carbocycles. The predicted molar refractivity (Wildman–Crippen MR) is 72.3 cm³/mol. The van der Waals surface area contributed by atoms with Gasteiger partial charge in [-0.25, -0.2) is 0 Å². The van der Waals surface area contributed by atoms with E-state index in [-0.39, 0.29) is 5.28 Å². The fraction of sp³-hybridized carbons (Fsp3) is 0.750. The number of hydrogen-bond donors (Lipinski definition) is 0. The maximum atomic E-state index is 6.00. The molecule has 0 atom stereocenters. The zero-order valence-electron chi connectivity index (χ0n) is 10.8. The van der Waals surface area contributed by atoms with Gasteiger partial charge < -0.3 is 9.80 Å². The maximum absolute atomic E-state index is 6.00. The van der Waals surface area contributed by atoms with Gasteiger partial charge in [-0.3, -0.25) is 0 Å². The van der Waals surface area contributed by atoms with Gasteiger partial charge >= 0.3 is 0 Å². The van der Waals surface area contributed by atoms with Crippen molar-refractivity contribution in [2.45, 2.75) is 31.7 Å². The Bertz CT molecular complexity index is 442. The van der Waals surface area contributed by atoms with Crippen LogP contribution >= 0.6 is 11.6 Å². The first kappa shape index (κ1) is 12.0. The highest BCUT2D eigenvalue weighted by Gasteiger charge is 2.35. The molecule has 0 aromatic carbocycles. The number of rotatable bonds is 5. The van der Waals surface area contributed by atoms with Crippen molar-refractivity contribution in [2.75, 3.05) is 30.4 Å². The Hall–Kier alpha value is -1.10. The largest absolute Gasteiger partial charge is 0.347 e. The van der Waals surface area contributed by atoms with Crippen LogP contribution in [0.3, 0.4) is 0 Å². The van der Waals surface area contributed by atoms with Crippen molar-refractivity contribution in [3.8, 4) is 0 Å². The summed E-state index contributed by atoms with van der Waals surface area (Å²) in [5, 5.41) is 0.283. The van der Waals surface area contributed by atoms with Crippen LogP contribution in [-0.2, 0) is 0 Å². The molecule has 0 bridgehead atoms. The zero-order chi connectivity index (χ0) is 12.7. The Morgan fingerprint density at radius 3 is 2.28 bits per heavy atom. The normalized spacial score (nSPS) is 18.8. The van der Waals surface area contributed by atoms with E-state index in [1.54, 1.807) is 0 Å². The summed E-state index contributed by atoms with van der Waals surface area (Å²) < 4.78 is 0. The summed E-state index contributed by atoms with van der Waals surface area (Å²) in [4.78, 5) is 17.1. The maximum Gasteiger partial charge on any atom is 0.231 e. The topological polar surface area (TPSA) is 45.2 Å². The van der Waals surface area contributed by atoms with Crippen LogP contribution in [0.15, 0.2) is 0 Å². The summed E-state index contributed by atoms with van der Waals surface area (Å²) in [5.41, 5.74) is 0. The second-order valence-corrected chi connectivity index (χ2v) is 5.76. The molecule has 2 aliphatic carbocycles. The molecule has 5 nitrogen and oxygen atoms in total. The van der Waals surface area contributed by atoms with Crippen LogP contribution in [-0.4, -0.2) is 41.6 Å². The van der Waals surface area contributed by atoms with Gasteiger partial charge in [-0.15, -0.1) is 0 Å². The van der Waals surface area contributed by atoms with Crippen molar-refractivity contribution < 1.29 is 0 Å². The van der Waals surface area contributed by atoms with Crippen LogP contribution in [0.25, 0.3) is 0 Å². The van der Waals surface area contributed by atoms with Crippen molar-refractivity contribution in [3.63, 3.8) is 0 Å². The molecule has 6 heteroatoms. The molecule has 0 spiro atoms. The lowest BCUT2D eigenvalue weighted by Crippen LogP contribution is -2.30. The molecule has 1 aromatic rings. The quantitative estimate of drug-likeness (QED) is 0.816. The highest BCUT2D eigenvalue weighted by atomic mass is 35.5. The second kappa shape index (κ2) is 4.53. The van der Waals surface area contributed by atoms with E-state index in [1.165, 1.54) is 25.7 Å². The van der Waals surface area contributed by atoms with Gasteiger partial charge in [0.05, 0.1) is 0 Å². The molecule has 3 rings (SSSR count). The molecule has 1 heterocycles. The highest BCUT2D eigenvalue weighted by molar-refractivity contribution is 6.28. The lowest BCUT2D eigenvalue weighted by atomic mass is 10.3. The van der Waals surface area contributed by atoms with E-state index in [4.69, 9.17) is 11.6 Å². The van der Waals surface area contributed by atoms with Crippen LogP contribution in [0.1, 0.15) is 25.7 Å². The number of aromatic nitrogens is 3. The standard InChI is InChI=1S/C12H18ClN5/c1-17(2)11-14-10(13)15-12(16-11)18(9-5-6-9)7-8-3-4-8/h8-9H,3-7H2,1-2H3. The van der Waals surface area contributed by atoms with Crippen molar-refractivity contribution in [1.82, 2.24) is 15.0 Å². The van der Waals surface area contributed by atoms with Gasteiger partial charge in [0, 0.05) is 26.7 Å². The predicted octanol–water partition coefficient (Wildman–Crippen LogP) is 1.97. The van der Waals surface area contributed by atoms with Crippen molar-refractivity contribution in [1.29, 1.82) is 0 Å². The molecule has 18 heavy (non-hydrogen) atoms. The van der Waals surface area contributed by atoms with E-state index < -0.39 is 0 Å². The lowest BCUT2D eigenvalue weighted by Gasteiger charge is -2.23. The third-order valence-electron chi connectivity index (χ3n) is 3.38. The van der Waals surface area contributed by atoms with Crippen molar-refractivity contribution in [3.05, 3.63) is 5.28 Å². The van der Waals surface area contributed by atoms with Crippen LogP contribution < -0.4 is 9.80 Å². The summed E-state index contributed by atoms with van der Waals surface area (Å²) >= 11 is 6.00. The molecule has 0 N–H and O–H groups in total. The third kappa shape index (κ3) is 2.66. The summed E-state index contributed by atoms with van der Waals surface area (Å²) in [6.07, 6.45) is 5.16. The van der Waals surface area contributed by atoms with Gasteiger partial charge in [0.1, 0.15) is 0 Å². The summed E-state index contributed by atoms with van der Waals surface area (Å²) in [6, 6.07) is 0.610. The second-order valence-electron chi connectivity index (χ2n) is 5.43. The molecule has 0 radical (unpaired) electrons. The third-order valence-corrected chi connectivity index (χ3v) is 3.55. The summed E-state index contributed by atoms with van der Waals surface area (Å²) in [5.74, 6) is 2.20. The van der Waals surface area contributed by atoms with Gasteiger partial charge in [0.25, 0.3) is 0 Å². The van der Waals surface area contributed by atoms with Crippen LogP contribution in [0.2, 0.25) is 5.28 Å². The van der Waals surface area contributed by atoms with Crippen LogP contribution in [0, 0.1) is 5.92 Å². The van der Waals surface area contributed by atoms with E-state index in [2.05, 4.69) is 19.9 Å².